The Labute approximate surface area is 154 Å². The highest BCUT2D eigenvalue weighted by Gasteiger charge is 2.26. The molecule has 6 heteroatoms. The minimum atomic E-state index is 0.631. The third-order valence-electron chi connectivity index (χ3n) is 5.27. The van der Waals surface area contributed by atoms with Gasteiger partial charge >= 0.3 is 0 Å². The van der Waals surface area contributed by atoms with E-state index in [9.17, 15) is 0 Å². The van der Waals surface area contributed by atoms with Crippen molar-refractivity contribution in [1.29, 1.82) is 0 Å². The zero-order valence-corrected chi connectivity index (χ0v) is 15.5. The summed E-state index contributed by atoms with van der Waals surface area (Å²) in [6.07, 6.45) is 8.63. The van der Waals surface area contributed by atoms with Gasteiger partial charge in [0.05, 0.1) is 0 Å². The van der Waals surface area contributed by atoms with E-state index in [1.807, 2.05) is 29.8 Å². The quantitative estimate of drug-likeness (QED) is 0.891. The van der Waals surface area contributed by atoms with Gasteiger partial charge in [0.2, 0.25) is 5.95 Å². The minimum Gasteiger partial charge on any atom is -0.341 e. The van der Waals surface area contributed by atoms with E-state index in [0.717, 1.165) is 25.6 Å². The van der Waals surface area contributed by atoms with E-state index in [1.165, 1.54) is 43.6 Å². The van der Waals surface area contributed by atoms with Gasteiger partial charge < -0.3 is 10.2 Å². The molecular weight excluding hydrogens is 330 g/mol. The van der Waals surface area contributed by atoms with Crippen molar-refractivity contribution in [1.82, 2.24) is 20.2 Å². The van der Waals surface area contributed by atoms with Gasteiger partial charge in [0.15, 0.2) is 0 Å². The van der Waals surface area contributed by atoms with E-state index in [4.69, 9.17) is 0 Å². The fourth-order valence-electron chi connectivity index (χ4n) is 3.99. The number of rotatable bonds is 5. The Kier molecular flexibility index (Phi) is 5.59. The van der Waals surface area contributed by atoms with Gasteiger partial charge in [0.1, 0.15) is 0 Å². The Balaban J connectivity index is 1.24. The van der Waals surface area contributed by atoms with E-state index in [1.54, 1.807) is 0 Å². The summed E-state index contributed by atoms with van der Waals surface area (Å²) in [4.78, 5) is 15.2. The Morgan fingerprint density at radius 1 is 1.04 bits per heavy atom. The van der Waals surface area contributed by atoms with Crippen molar-refractivity contribution < 1.29 is 0 Å². The first-order valence-electron chi connectivity index (χ1n) is 9.39. The Morgan fingerprint density at radius 2 is 1.88 bits per heavy atom. The maximum atomic E-state index is 4.38. The lowest BCUT2D eigenvalue weighted by molar-refractivity contribution is 0.172. The molecule has 25 heavy (non-hydrogen) atoms. The molecule has 0 aromatic carbocycles. The SMILES string of the molecule is c1cnc(N2CCC(N[C@@H]3CCCN(Cc4cccs4)C3)CC2)nc1. The molecule has 0 unspecified atom stereocenters. The summed E-state index contributed by atoms with van der Waals surface area (Å²) < 4.78 is 0. The van der Waals surface area contributed by atoms with E-state index in [0.29, 0.717) is 12.1 Å². The van der Waals surface area contributed by atoms with Crippen molar-refractivity contribution in [3.8, 4) is 0 Å². The first kappa shape index (κ1) is 16.9. The van der Waals surface area contributed by atoms with E-state index < -0.39 is 0 Å². The van der Waals surface area contributed by atoms with Gasteiger partial charge in [-0.15, -0.1) is 11.3 Å². The molecule has 2 fully saturated rings. The van der Waals surface area contributed by atoms with Crippen molar-refractivity contribution in [3.63, 3.8) is 0 Å². The second-order valence-corrected chi connectivity index (χ2v) is 8.16. The van der Waals surface area contributed by atoms with Crippen LogP contribution in [0, 0.1) is 0 Å². The lowest BCUT2D eigenvalue weighted by Crippen LogP contribution is -2.51. The second-order valence-electron chi connectivity index (χ2n) is 7.13. The molecule has 2 aliphatic rings. The molecule has 0 aliphatic carbocycles. The first-order chi connectivity index (χ1) is 12.4. The second kappa shape index (κ2) is 8.25. The number of likely N-dealkylation sites (tertiary alicyclic amines) is 1. The average Bonchev–Trinajstić information content (AvgIpc) is 3.16. The standard InChI is InChI=1S/C19H27N5S/c1-4-17(14-23(10-1)15-18-5-2-13-25-18)22-16-6-11-24(12-7-16)19-20-8-3-9-21-19/h2-3,5,8-9,13,16-17,22H,1,4,6-7,10-12,14-15H2/t17-/m1/s1. The molecule has 2 saturated heterocycles. The summed E-state index contributed by atoms with van der Waals surface area (Å²) in [5.41, 5.74) is 0. The molecule has 4 heterocycles. The highest BCUT2D eigenvalue weighted by atomic mass is 32.1. The van der Waals surface area contributed by atoms with Crippen molar-refractivity contribution in [2.75, 3.05) is 31.1 Å². The molecule has 2 aromatic rings. The number of nitrogens with zero attached hydrogens (tertiary/aromatic N) is 4. The summed E-state index contributed by atoms with van der Waals surface area (Å²) >= 11 is 1.87. The molecule has 0 saturated carbocycles. The van der Waals surface area contributed by atoms with Crippen LogP contribution in [0.4, 0.5) is 5.95 Å². The van der Waals surface area contributed by atoms with Crippen molar-refractivity contribution >= 4 is 17.3 Å². The van der Waals surface area contributed by atoms with Crippen LogP contribution in [0.1, 0.15) is 30.6 Å². The predicted molar refractivity (Wildman–Crippen MR) is 103 cm³/mol. The molecule has 0 bridgehead atoms. The zero-order valence-electron chi connectivity index (χ0n) is 14.7. The van der Waals surface area contributed by atoms with E-state index in [2.05, 4.69) is 42.6 Å². The molecule has 0 radical (unpaired) electrons. The molecule has 2 aromatic heterocycles. The number of thiophene rings is 1. The van der Waals surface area contributed by atoms with Crippen LogP contribution in [0.2, 0.25) is 0 Å². The molecule has 1 N–H and O–H groups in total. The average molecular weight is 358 g/mol. The van der Waals surface area contributed by atoms with Gasteiger partial charge in [-0.1, -0.05) is 6.07 Å². The van der Waals surface area contributed by atoms with Gasteiger partial charge in [-0.05, 0) is 49.7 Å². The Morgan fingerprint density at radius 3 is 2.64 bits per heavy atom. The molecule has 1 atom stereocenters. The predicted octanol–water partition coefficient (Wildman–Crippen LogP) is 2.76. The smallest absolute Gasteiger partial charge is 0.225 e. The molecule has 134 valence electrons. The van der Waals surface area contributed by atoms with Crippen LogP contribution in [0.5, 0.6) is 0 Å². The van der Waals surface area contributed by atoms with Crippen molar-refractivity contribution in [2.45, 2.75) is 44.3 Å². The summed E-state index contributed by atoms with van der Waals surface area (Å²) in [5, 5.41) is 6.11. The molecule has 0 spiro atoms. The summed E-state index contributed by atoms with van der Waals surface area (Å²) in [6, 6.07) is 7.56. The fraction of sp³-hybridized carbons (Fsp3) is 0.579. The number of hydrogen-bond donors (Lipinski definition) is 1. The molecule has 2 aliphatic heterocycles. The van der Waals surface area contributed by atoms with E-state index >= 15 is 0 Å². The van der Waals surface area contributed by atoms with Crippen LogP contribution in [-0.2, 0) is 6.54 Å². The van der Waals surface area contributed by atoms with Crippen LogP contribution in [0.15, 0.2) is 36.0 Å². The van der Waals surface area contributed by atoms with Gasteiger partial charge in [-0.25, -0.2) is 9.97 Å². The van der Waals surface area contributed by atoms with Crippen LogP contribution in [0.3, 0.4) is 0 Å². The summed E-state index contributed by atoms with van der Waals surface area (Å²) in [7, 11) is 0. The Hall–Kier alpha value is -1.50. The van der Waals surface area contributed by atoms with Crippen molar-refractivity contribution in [3.05, 3.63) is 40.8 Å². The molecular formula is C19H27N5S. The first-order valence-corrected chi connectivity index (χ1v) is 10.3. The third-order valence-corrected chi connectivity index (χ3v) is 6.13. The maximum absolute atomic E-state index is 4.38. The van der Waals surface area contributed by atoms with Crippen LogP contribution < -0.4 is 10.2 Å². The van der Waals surface area contributed by atoms with E-state index in [-0.39, 0.29) is 0 Å². The normalized spacial score (nSPS) is 23.0. The topological polar surface area (TPSA) is 44.3 Å². The van der Waals surface area contributed by atoms with Crippen LogP contribution in [-0.4, -0.2) is 53.1 Å². The van der Waals surface area contributed by atoms with Crippen LogP contribution in [0.25, 0.3) is 0 Å². The largest absolute Gasteiger partial charge is 0.341 e. The zero-order chi connectivity index (χ0) is 16.9. The van der Waals surface area contributed by atoms with Crippen LogP contribution >= 0.6 is 11.3 Å². The number of nitrogens with one attached hydrogen (secondary N) is 1. The highest BCUT2D eigenvalue weighted by molar-refractivity contribution is 7.09. The number of aromatic nitrogens is 2. The van der Waals surface area contributed by atoms with Gasteiger partial charge in [-0.3, -0.25) is 4.90 Å². The molecule has 5 nitrogen and oxygen atoms in total. The summed E-state index contributed by atoms with van der Waals surface area (Å²) in [5.74, 6) is 0.876. The molecule has 0 amide bonds. The maximum Gasteiger partial charge on any atom is 0.225 e. The Bertz CT molecular complexity index is 625. The highest BCUT2D eigenvalue weighted by Crippen LogP contribution is 2.20. The molecule has 4 rings (SSSR count). The third kappa shape index (κ3) is 4.57. The van der Waals surface area contributed by atoms with Gasteiger partial charge in [-0.2, -0.15) is 0 Å². The fourth-order valence-corrected chi connectivity index (χ4v) is 4.74. The van der Waals surface area contributed by atoms with Gasteiger partial charge in [0, 0.05) is 55.5 Å². The number of piperidine rings is 2. The van der Waals surface area contributed by atoms with Crippen molar-refractivity contribution in [2.24, 2.45) is 0 Å². The van der Waals surface area contributed by atoms with Gasteiger partial charge in [0.25, 0.3) is 0 Å². The number of anilines is 1. The lowest BCUT2D eigenvalue weighted by atomic mass is 10.00. The lowest BCUT2D eigenvalue weighted by Gasteiger charge is -2.38. The monoisotopic (exact) mass is 357 g/mol. The number of hydrogen-bond acceptors (Lipinski definition) is 6. The minimum absolute atomic E-state index is 0.631. The summed E-state index contributed by atoms with van der Waals surface area (Å²) in [6.45, 7) is 5.63.